The molecular weight excluding hydrogens is 274 g/mol. The van der Waals surface area contributed by atoms with Crippen LogP contribution in [-0.4, -0.2) is 33.1 Å². The van der Waals surface area contributed by atoms with Crippen LogP contribution in [0.5, 0.6) is 0 Å². The maximum absolute atomic E-state index is 11.7. The van der Waals surface area contributed by atoms with Crippen LogP contribution in [0.15, 0.2) is 6.20 Å². The molecule has 8 heteroatoms. The first kappa shape index (κ1) is 15.3. The third-order valence-electron chi connectivity index (χ3n) is 3.73. The van der Waals surface area contributed by atoms with E-state index in [4.69, 9.17) is 0 Å². The van der Waals surface area contributed by atoms with Crippen LogP contribution in [0.25, 0.3) is 0 Å². The summed E-state index contributed by atoms with van der Waals surface area (Å²) in [5, 5.41) is 16.4. The van der Waals surface area contributed by atoms with Crippen molar-refractivity contribution in [2.24, 2.45) is 0 Å². The molecule has 1 heterocycles. The van der Waals surface area contributed by atoms with Gasteiger partial charge in [-0.25, -0.2) is 4.79 Å². The first-order chi connectivity index (χ1) is 10.1. The van der Waals surface area contributed by atoms with E-state index in [2.05, 4.69) is 15.6 Å². The van der Waals surface area contributed by atoms with E-state index in [1.807, 2.05) is 0 Å². The second-order valence-corrected chi connectivity index (χ2v) is 5.33. The summed E-state index contributed by atoms with van der Waals surface area (Å²) in [5.41, 5.74) is 0. The summed E-state index contributed by atoms with van der Waals surface area (Å²) < 4.78 is 1.67. The molecule has 2 N–H and O–H groups in total. The Hall–Kier alpha value is -2.12. The van der Waals surface area contributed by atoms with Gasteiger partial charge in [0, 0.05) is 26.1 Å². The minimum Gasteiger partial charge on any atom is -0.358 e. The van der Waals surface area contributed by atoms with E-state index in [1.165, 1.54) is 25.5 Å². The number of nitrogens with zero attached hydrogens (tertiary/aromatic N) is 3. The van der Waals surface area contributed by atoms with Gasteiger partial charge in [-0.1, -0.05) is 19.3 Å². The van der Waals surface area contributed by atoms with Gasteiger partial charge in [0.1, 0.15) is 6.20 Å². The molecular formula is C13H21N5O3. The van der Waals surface area contributed by atoms with Gasteiger partial charge in [-0.3, -0.25) is 0 Å². The fourth-order valence-corrected chi connectivity index (χ4v) is 2.58. The normalized spacial score (nSPS) is 15.7. The Kier molecular flexibility index (Phi) is 5.13. The predicted molar refractivity (Wildman–Crippen MR) is 77.0 cm³/mol. The summed E-state index contributed by atoms with van der Waals surface area (Å²) in [6.07, 6.45) is 7.06. The Morgan fingerprint density at radius 1 is 1.48 bits per heavy atom. The van der Waals surface area contributed by atoms with Crippen molar-refractivity contribution in [1.82, 2.24) is 20.2 Å². The number of nitrogens with one attached hydrogen (secondary N) is 2. The van der Waals surface area contributed by atoms with E-state index < -0.39 is 4.92 Å². The molecule has 1 aromatic rings. The summed E-state index contributed by atoms with van der Waals surface area (Å²) in [6, 6.07) is 0.101. The van der Waals surface area contributed by atoms with Gasteiger partial charge < -0.3 is 25.3 Å². The monoisotopic (exact) mass is 295 g/mol. The number of urea groups is 1. The van der Waals surface area contributed by atoms with Gasteiger partial charge in [0.15, 0.2) is 0 Å². The number of carbonyl (C=O) groups excluding carboxylic acids is 1. The Morgan fingerprint density at radius 2 is 2.19 bits per heavy atom. The van der Waals surface area contributed by atoms with Crippen molar-refractivity contribution < 1.29 is 9.72 Å². The van der Waals surface area contributed by atoms with E-state index in [9.17, 15) is 14.9 Å². The van der Waals surface area contributed by atoms with Crippen molar-refractivity contribution >= 4 is 11.8 Å². The number of aromatic nitrogens is 2. The number of hydrogen-bond donors (Lipinski definition) is 2. The molecule has 1 aliphatic rings. The minimum atomic E-state index is -0.521. The van der Waals surface area contributed by atoms with E-state index in [1.54, 1.807) is 11.5 Å². The fourth-order valence-electron chi connectivity index (χ4n) is 2.58. The van der Waals surface area contributed by atoms with Gasteiger partial charge in [-0.05, 0) is 22.7 Å². The molecule has 2 amide bonds. The zero-order valence-corrected chi connectivity index (χ0v) is 12.2. The van der Waals surface area contributed by atoms with Crippen LogP contribution < -0.4 is 10.6 Å². The first-order valence-electron chi connectivity index (χ1n) is 7.29. The number of rotatable bonds is 5. The number of nitro groups is 1. The summed E-state index contributed by atoms with van der Waals surface area (Å²) >= 11 is 0. The lowest BCUT2D eigenvalue weighted by molar-refractivity contribution is -0.389. The maximum Gasteiger partial charge on any atom is 0.381 e. The third-order valence-corrected chi connectivity index (χ3v) is 3.73. The van der Waals surface area contributed by atoms with Crippen molar-refractivity contribution in [1.29, 1.82) is 0 Å². The second-order valence-electron chi connectivity index (χ2n) is 5.33. The lowest BCUT2D eigenvalue weighted by atomic mass is 9.96. The highest BCUT2D eigenvalue weighted by Crippen LogP contribution is 2.17. The van der Waals surface area contributed by atoms with E-state index in [0.717, 1.165) is 12.8 Å². The van der Waals surface area contributed by atoms with Gasteiger partial charge in [-0.15, -0.1) is 0 Å². The summed E-state index contributed by atoms with van der Waals surface area (Å²) in [4.78, 5) is 25.7. The molecule has 0 atom stereocenters. The van der Waals surface area contributed by atoms with Crippen molar-refractivity contribution in [3.63, 3.8) is 0 Å². The molecule has 0 bridgehead atoms. The molecule has 0 aromatic carbocycles. The van der Waals surface area contributed by atoms with Gasteiger partial charge in [0.2, 0.25) is 5.82 Å². The topological polar surface area (TPSA) is 102 Å². The van der Waals surface area contributed by atoms with Crippen LogP contribution in [0.3, 0.4) is 0 Å². The number of carbonyl (C=O) groups is 1. The van der Waals surface area contributed by atoms with E-state index >= 15 is 0 Å². The largest absolute Gasteiger partial charge is 0.381 e. The summed E-state index contributed by atoms with van der Waals surface area (Å²) in [5.74, 6) is 0.398. The Balaban J connectivity index is 1.73. The molecule has 0 unspecified atom stereocenters. The summed E-state index contributed by atoms with van der Waals surface area (Å²) in [6.45, 7) is 2.58. The Bertz CT molecular complexity index is 508. The van der Waals surface area contributed by atoms with Crippen molar-refractivity contribution in [2.75, 3.05) is 6.54 Å². The van der Waals surface area contributed by atoms with Crippen LogP contribution in [0, 0.1) is 17.0 Å². The quantitative estimate of drug-likeness (QED) is 0.638. The third kappa shape index (κ3) is 4.44. The molecule has 8 nitrogen and oxygen atoms in total. The smallest absolute Gasteiger partial charge is 0.358 e. The van der Waals surface area contributed by atoms with Crippen LogP contribution in [0.1, 0.15) is 37.9 Å². The molecule has 0 aliphatic heterocycles. The Morgan fingerprint density at radius 3 is 2.81 bits per heavy atom. The lowest BCUT2D eigenvalue weighted by Crippen LogP contribution is -2.43. The fraction of sp³-hybridized carbons (Fsp3) is 0.692. The molecule has 1 aliphatic carbocycles. The number of aryl methyl sites for hydroxylation is 1. The second kappa shape index (κ2) is 7.05. The molecule has 0 saturated heterocycles. The van der Waals surface area contributed by atoms with Crippen molar-refractivity contribution in [3.05, 3.63) is 22.1 Å². The molecule has 1 saturated carbocycles. The van der Waals surface area contributed by atoms with Crippen molar-refractivity contribution in [3.8, 4) is 0 Å². The van der Waals surface area contributed by atoms with Crippen LogP contribution in [0.2, 0.25) is 0 Å². The number of imidazole rings is 1. The zero-order chi connectivity index (χ0) is 15.2. The highest BCUT2D eigenvalue weighted by molar-refractivity contribution is 5.74. The minimum absolute atomic E-state index is 0.167. The Labute approximate surface area is 123 Å². The molecule has 21 heavy (non-hydrogen) atoms. The molecule has 0 radical (unpaired) electrons. The molecule has 116 valence electrons. The van der Waals surface area contributed by atoms with Crippen molar-refractivity contribution in [2.45, 2.75) is 51.6 Å². The average molecular weight is 295 g/mol. The average Bonchev–Trinajstić information content (AvgIpc) is 2.82. The number of amides is 2. The van der Waals surface area contributed by atoms with Crippen LogP contribution in [0.4, 0.5) is 10.6 Å². The van der Waals surface area contributed by atoms with Gasteiger partial charge in [-0.2, -0.15) is 0 Å². The van der Waals surface area contributed by atoms with Crippen LogP contribution >= 0.6 is 0 Å². The molecule has 2 rings (SSSR count). The highest BCUT2D eigenvalue weighted by atomic mass is 16.6. The van der Waals surface area contributed by atoms with Gasteiger partial charge in [0.25, 0.3) is 0 Å². The standard InChI is InChI=1S/C13H21N5O3/c1-10-15-12(18(20)21)9-17(10)8-7-14-13(19)16-11-5-3-2-4-6-11/h9,11H,2-8H2,1H3,(H2,14,16,19). The predicted octanol–water partition coefficient (Wildman–Crippen LogP) is 1.73. The lowest BCUT2D eigenvalue weighted by Gasteiger charge is -2.22. The molecule has 1 aromatic heterocycles. The summed E-state index contributed by atoms with van der Waals surface area (Å²) in [7, 11) is 0. The van der Waals surface area contributed by atoms with Crippen LogP contribution in [-0.2, 0) is 6.54 Å². The van der Waals surface area contributed by atoms with E-state index in [0.29, 0.717) is 18.9 Å². The highest BCUT2D eigenvalue weighted by Gasteiger charge is 2.16. The van der Waals surface area contributed by atoms with E-state index in [-0.39, 0.29) is 17.9 Å². The maximum atomic E-state index is 11.7. The number of hydrogen-bond acceptors (Lipinski definition) is 4. The zero-order valence-electron chi connectivity index (χ0n) is 12.2. The molecule has 1 fully saturated rings. The van der Waals surface area contributed by atoms with Gasteiger partial charge >= 0.3 is 11.8 Å². The first-order valence-corrected chi connectivity index (χ1v) is 7.29. The van der Waals surface area contributed by atoms with Gasteiger partial charge in [0.05, 0.1) is 0 Å². The SMILES string of the molecule is Cc1nc([N+](=O)[O-])cn1CCNC(=O)NC1CCCCC1. The molecule has 0 spiro atoms.